The molecule has 0 aromatic heterocycles. The highest BCUT2D eigenvalue weighted by Gasteiger charge is 2.20. The molecule has 0 bridgehead atoms. The molecule has 0 saturated carbocycles. The highest BCUT2D eigenvalue weighted by molar-refractivity contribution is 5.43. The summed E-state index contributed by atoms with van der Waals surface area (Å²) in [6, 6.07) is 6.42. The minimum Gasteiger partial charge on any atom is -0.490 e. The summed E-state index contributed by atoms with van der Waals surface area (Å²) in [7, 11) is 2.00. The predicted molar refractivity (Wildman–Crippen MR) is 62.5 cm³/mol. The highest BCUT2D eigenvalue weighted by Crippen LogP contribution is 2.31. The third-order valence-corrected chi connectivity index (χ3v) is 2.92. The van der Waals surface area contributed by atoms with Crippen LogP contribution in [-0.4, -0.2) is 19.7 Å². The largest absolute Gasteiger partial charge is 0.490 e. The van der Waals surface area contributed by atoms with Crippen molar-refractivity contribution in [3.63, 3.8) is 0 Å². The highest BCUT2D eigenvalue weighted by atomic mass is 16.5. The summed E-state index contributed by atoms with van der Waals surface area (Å²) in [6.45, 7) is 3.22. The lowest BCUT2D eigenvalue weighted by Crippen LogP contribution is -2.09. The Hall–Kier alpha value is -1.02. The van der Waals surface area contributed by atoms with Gasteiger partial charge in [-0.3, -0.25) is 0 Å². The zero-order valence-electron chi connectivity index (χ0n) is 9.55. The number of hydrogen-bond acceptors (Lipinski definition) is 2. The Balaban J connectivity index is 2.09. The van der Waals surface area contributed by atoms with Crippen LogP contribution in [0.4, 0.5) is 0 Å². The Morgan fingerprint density at radius 2 is 2.33 bits per heavy atom. The van der Waals surface area contributed by atoms with E-state index in [4.69, 9.17) is 4.74 Å². The van der Waals surface area contributed by atoms with Crippen LogP contribution in [0.25, 0.3) is 0 Å². The molecular formula is C13H19NO. The van der Waals surface area contributed by atoms with Crippen molar-refractivity contribution < 1.29 is 4.74 Å². The van der Waals surface area contributed by atoms with Crippen LogP contribution in [-0.2, 0) is 12.8 Å². The van der Waals surface area contributed by atoms with Crippen LogP contribution >= 0.6 is 0 Å². The van der Waals surface area contributed by atoms with E-state index in [0.29, 0.717) is 6.10 Å². The number of fused-ring (bicyclic) bond motifs is 1. The Kier molecular flexibility index (Phi) is 3.27. The van der Waals surface area contributed by atoms with Crippen molar-refractivity contribution in [2.75, 3.05) is 13.6 Å². The summed E-state index contributed by atoms with van der Waals surface area (Å²) in [6.07, 6.45) is 3.78. The van der Waals surface area contributed by atoms with Crippen molar-refractivity contribution in [2.24, 2.45) is 0 Å². The maximum Gasteiger partial charge on any atom is 0.123 e. The molecule has 0 radical (unpaired) electrons. The van der Waals surface area contributed by atoms with Gasteiger partial charge in [-0.1, -0.05) is 12.1 Å². The van der Waals surface area contributed by atoms with E-state index in [2.05, 4.69) is 30.4 Å². The SMILES string of the molecule is CNCCCc1cccc2c1CC(C)O2. The van der Waals surface area contributed by atoms with Crippen LogP contribution in [0.1, 0.15) is 24.5 Å². The first-order valence-corrected chi connectivity index (χ1v) is 5.73. The zero-order chi connectivity index (χ0) is 10.7. The molecule has 0 saturated heterocycles. The third kappa shape index (κ3) is 2.32. The Morgan fingerprint density at radius 1 is 1.47 bits per heavy atom. The molecule has 15 heavy (non-hydrogen) atoms. The monoisotopic (exact) mass is 205 g/mol. The molecule has 1 N–H and O–H groups in total. The van der Waals surface area contributed by atoms with E-state index in [1.54, 1.807) is 0 Å². The summed E-state index contributed by atoms with van der Waals surface area (Å²) in [4.78, 5) is 0. The van der Waals surface area contributed by atoms with E-state index < -0.39 is 0 Å². The molecular weight excluding hydrogens is 186 g/mol. The van der Waals surface area contributed by atoms with Gasteiger partial charge in [0.1, 0.15) is 11.9 Å². The van der Waals surface area contributed by atoms with E-state index in [0.717, 1.165) is 25.1 Å². The van der Waals surface area contributed by atoms with Crippen molar-refractivity contribution in [3.05, 3.63) is 29.3 Å². The molecule has 0 fully saturated rings. The minimum atomic E-state index is 0.352. The summed E-state index contributed by atoms with van der Waals surface area (Å²) < 4.78 is 5.74. The van der Waals surface area contributed by atoms with Crippen LogP contribution in [0.2, 0.25) is 0 Å². The van der Waals surface area contributed by atoms with Gasteiger partial charge in [-0.2, -0.15) is 0 Å². The normalized spacial score (nSPS) is 18.7. The van der Waals surface area contributed by atoms with Gasteiger partial charge < -0.3 is 10.1 Å². The second kappa shape index (κ2) is 4.67. The third-order valence-electron chi connectivity index (χ3n) is 2.92. The molecule has 2 nitrogen and oxygen atoms in total. The van der Waals surface area contributed by atoms with Gasteiger partial charge in [0, 0.05) is 12.0 Å². The van der Waals surface area contributed by atoms with Crippen LogP contribution in [0.15, 0.2) is 18.2 Å². The van der Waals surface area contributed by atoms with Crippen molar-refractivity contribution in [2.45, 2.75) is 32.3 Å². The maximum atomic E-state index is 5.74. The van der Waals surface area contributed by atoms with E-state index in [9.17, 15) is 0 Å². The molecule has 2 heteroatoms. The fourth-order valence-electron chi connectivity index (χ4n) is 2.19. The number of rotatable bonds is 4. The van der Waals surface area contributed by atoms with Gasteiger partial charge >= 0.3 is 0 Å². The predicted octanol–water partition coefficient (Wildman–Crippen LogP) is 2.16. The Morgan fingerprint density at radius 3 is 3.13 bits per heavy atom. The summed E-state index contributed by atoms with van der Waals surface area (Å²) >= 11 is 0. The van der Waals surface area contributed by atoms with E-state index in [1.165, 1.54) is 17.5 Å². The first kappa shape index (κ1) is 10.5. The zero-order valence-corrected chi connectivity index (χ0v) is 9.55. The van der Waals surface area contributed by atoms with Crippen LogP contribution < -0.4 is 10.1 Å². The molecule has 1 heterocycles. The first-order chi connectivity index (χ1) is 7.31. The number of benzene rings is 1. The van der Waals surface area contributed by atoms with Gasteiger partial charge in [-0.15, -0.1) is 0 Å². The van der Waals surface area contributed by atoms with E-state index >= 15 is 0 Å². The minimum absolute atomic E-state index is 0.352. The first-order valence-electron chi connectivity index (χ1n) is 5.73. The summed E-state index contributed by atoms with van der Waals surface area (Å²) in [5.41, 5.74) is 2.90. The number of ether oxygens (including phenoxy) is 1. The lowest BCUT2D eigenvalue weighted by Gasteiger charge is -2.06. The lowest BCUT2D eigenvalue weighted by molar-refractivity contribution is 0.254. The molecule has 1 aromatic rings. The molecule has 2 rings (SSSR count). The van der Waals surface area contributed by atoms with Crippen LogP contribution in [0.5, 0.6) is 5.75 Å². The molecule has 1 aliphatic rings. The average molecular weight is 205 g/mol. The van der Waals surface area contributed by atoms with Crippen LogP contribution in [0, 0.1) is 0 Å². The van der Waals surface area contributed by atoms with Gasteiger partial charge in [-0.05, 0) is 45.0 Å². The summed E-state index contributed by atoms with van der Waals surface area (Å²) in [5, 5.41) is 3.18. The Labute approximate surface area is 91.6 Å². The number of nitrogens with one attached hydrogen (secondary N) is 1. The molecule has 1 aromatic carbocycles. The van der Waals surface area contributed by atoms with Crippen molar-refractivity contribution in [3.8, 4) is 5.75 Å². The van der Waals surface area contributed by atoms with Gasteiger partial charge in [0.15, 0.2) is 0 Å². The summed E-state index contributed by atoms with van der Waals surface area (Å²) in [5.74, 6) is 1.10. The molecule has 0 amide bonds. The standard InChI is InChI=1S/C13H19NO/c1-10-9-12-11(6-4-8-14-2)5-3-7-13(12)15-10/h3,5,7,10,14H,4,6,8-9H2,1-2H3. The van der Waals surface area contributed by atoms with Gasteiger partial charge in [0.2, 0.25) is 0 Å². The number of hydrogen-bond donors (Lipinski definition) is 1. The molecule has 1 unspecified atom stereocenters. The quantitative estimate of drug-likeness (QED) is 0.761. The van der Waals surface area contributed by atoms with Crippen LogP contribution in [0.3, 0.4) is 0 Å². The van der Waals surface area contributed by atoms with Gasteiger partial charge in [0.25, 0.3) is 0 Å². The van der Waals surface area contributed by atoms with Gasteiger partial charge in [0.05, 0.1) is 0 Å². The fourth-order valence-corrected chi connectivity index (χ4v) is 2.19. The lowest BCUT2D eigenvalue weighted by atomic mass is 9.99. The topological polar surface area (TPSA) is 21.3 Å². The van der Waals surface area contributed by atoms with Crippen molar-refractivity contribution in [1.29, 1.82) is 0 Å². The van der Waals surface area contributed by atoms with E-state index in [1.807, 2.05) is 7.05 Å². The molecule has 1 aliphatic heterocycles. The smallest absolute Gasteiger partial charge is 0.123 e. The second-order valence-corrected chi connectivity index (χ2v) is 4.23. The maximum absolute atomic E-state index is 5.74. The molecule has 0 spiro atoms. The molecule has 0 aliphatic carbocycles. The van der Waals surface area contributed by atoms with Crippen molar-refractivity contribution in [1.82, 2.24) is 5.32 Å². The molecule has 82 valence electrons. The molecule has 1 atom stereocenters. The second-order valence-electron chi connectivity index (χ2n) is 4.23. The number of aryl methyl sites for hydroxylation is 1. The average Bonchev–Trinajstić information content (AvgIpc) is 2.59. The fraction of sp³-hybridized carbons (Fsp3) is 0.538. The van der Waals surface area contributed by atoms with Gasteiger partial charge in [-0.25, -0.2) is 0 Å². The Bertz CT molecular complexity index is 335. The van der Waals surface area contributed by atoms with E-state index in [-0.39, 0.29) is 0 Å². The van der Waals surface area contributed by atoms with Crippen molar-refractivity contribution >= 4 is 0 Å².